The summed E-state index contributed by atoms with van der Waals surface area (Å²) >= 11 is 0. The number of methoxy groups -OCH3 is 1. The van der Waals surface area contributed by atoms with Crippen LogP contribution in [0.15, 0.2) is 66.9 Å². The normalized spacial score (nSPS) is 10.4. The molecule has 2 aromatic carbocycles. The maximum Gasteiger partial charge on any atom is 0.167 e. The van der Waals surface area contributed by atoms with Crippen LogP contribution in [0, 0.1) is 0 Å². The van der Waals surface area contributed by atoms with Crippen molar-refractivity contribution in [3.05, 3.63) is 78.0 Å². The van der Waals surface area contributed by atoms with E-state index in [2.05, 4.69) is 4.98 Å². The molecule has 0 amide bonds. The Labute approximate surface area is 140 Å². The monoisotopic (exact) mass is 318 g/mol. The molecule has 0 fully saturated rings. The van der Waals surface area contributed by atoms with Crippen molar-refractivity contribution in [2.45, 2.75) is 6.42 Å². The first kappa shape index (κ1) is 15.7. The summed E-state index contributed by atoms with van der Waals surface area (Å²) in [5.41, 5.74) is 9.70. The molecule has 1 heterocycles. The third kappa shape index (κ3) is 3.43. The van der Waals surface area contributed by atoms with Gasteiger partial charge in [0.2, 0.25) is 0 Å². The number of nitrogen functional groups attached to an aromatic ring is 1. The number of pyridine rings is 1. The van der Waals surface area contributed by atoms with Crippen molar-refractivity contribution in [3.63, 3.8) is 0 Å². The lowest BCUT2D eigenvalue weighted by Gasteiger charge is -2.07. The minimum absolute atomic E-state index is 0.00128. The summed E-state index contributed by atoms with van der Waals surface area (Å²) in [7, 11) is 1.55. The summed E-state index contributed by atoms with van der Waals surface area (Å²) in [5.74, 6) is 0.569. The van der Waals surface area contributed by atoms with E-state index in [1.54, 1.807) is 31.5 Å². The summed E-state index contributed by atoms with van der Waals surface area (Å²) < 4.78 is 5.11. The summed E-state index contributed by atoms with van der Waals surface area (Å²) in [6, 6.07) is 18.9. The highest BCUT2D eigenvalue weighted by Crippen LogP contribution is 2.23. The number of ketones is 1. The topological polar surface area (TPSA) is 65.2 Å². The minimum Gasteiger partial charge on any atom is -0.495 e. The first-order valence-corrected chi connectivity index (χ1v) is 7.64. The van der Waals surface area contributed by atoms with Crippen LogP contribution in [0.4, 0.5) is 5.69 Å². The van der Waals surface area contributed by atoms with Crippen molar-refractivity contribution in [1.82, 2.24) is 4.98 Å². The quantitative estimate of drug-likeness (QED) is 0.574. The van der Waals surface area contributed by atoms with Gasteiger partial charge in [-0.1, -0.05) is 36.4 Å². The predicted octanol–water partition coefficient (Wildman–Crippen LogP) is 3.76. The number of aromatic nitrogens is 1. The van der Waals surface area contributed by atoms with Gasteiger partial charge in [0.05, 0.1) is 18.5 Å². The van der Waals surface area contributed by atoms with E-state index >= 15 is 0 Å². The highest BCUT2D eigenvalue weighted by Gasteiger charge is 2.10. The number of carbonyl (C=O) groups is 1. The molecule has 0 saturated heterocycles. The zero-order chi connectivity index (χ0) is 16.9. The standard InChI is InChI=1S/C20H18N2O2/c1-24-20-10-8-16(12-17(20)21)19(23)11-14-7-9-18(22-13-14)15-5-3-2-4-6-15/h2-10,12-13H,11,21H2,1H3. The third-order valence-electron chi connectivity index (χ3n) is 3.81. The fourth-order valence-corrected chi connectivity index (χ4v) is 2.50. The minimum atomic E-state index is -0.00128. The van der Waals surface area contributed by atoms with E-state index in [4.69, 9.17) is 10.5 Å². The lowest BCUT2D eigenvalue weighted by Crippen LogP contribution is -2.05. The second-order valence-corrected chi connectivity index (χ2v) is 5.47. The first-order valence-electron chi connectivity index (χ1n) is 7.64. The van der Waals surface area contributed by atoms with Crippen LogP contribution in [0.25, 0.3) is 11.3 Å². The van der Waals surface area contributed by atoms with E-state index in [1.165, 1.54) is 0 Å². The number of anilines is 1. The van der Waals surface area contributed by atoms with E-state index in [-0.39, 0.29) is 12.2 Å². The highest BCUT2D eigenvalue weighted by molar-refractivity contribution is 5.98. The van der Waals surface area contributed by atoms with E-state index < -0.39 is 0 Å². The second kappa shape index (κ2) is 6.96. The van der Waals surface area contributed by atoms with Gasteiger partial charge in [0.15, 0.2) is 5.78 Å². The van der Waals surface area contributed by atoms with Crippen LogP contribution in [-0.2, 0) is 6.42 Å². The van der Waals surface area contributed by atoms with Gasteiger partial charge in [-0.3, -0.25) is 9.78 Å². The van der Waals surface area contributed by atoms with Gasteiger partial charge in [-0.05, 0) is 29.8 Å². The SMILES string of the molecule is COc1ccc(C(=O)Cc2ccc(-c3ccccc3)nc2)cc1N. The highest BCUT2D eigenvalue weighted by atomic mass is 16.5. The van der Waals surface area contributed by atoms with Crippen molar-refractivity contribution in [2.24, 2.45) is 0 Å². The van der Waals surface area contributed by atoms with Gasteiger partial charge < -0.3 is 10.5 Å². The van der Waals surface area contributed by atoms with Crippen molar-refractivity contribution in [1.29, 1.82) is 0 Å². The molecule has 0 spiro atoms. The Morgan fingerprint density at radius 3 is 2.50 bits per heavy atom. The average Bonchev–Trinajstić information content (AvgIpc) is 2.63. The fourth-order valence-electron chi connectivity index (χ4n) is 2.50. The van der Waals surface area contributed by atoms with Gasteiger partial charge in [0.1, 0.15) is 5.75 Å². The van der Waals surface area contributed by atoms with E-state index in [1.807, 2.05) is 42.5 Å². The molecule has 1 aromatic heterocycles. The Hall–Kier alpha value is -3.14. The van der Waals surface area contributed by atoms with Gasteiger partial charge in [-0.25, -0.2) is 0 Å². The zero-order valence-corrected chi connectivity index (χ0v) is 13.4. The Morgan fingerprint density at radius 1 is 1.08 bits per heavy atom. The number of hydrogen-bond donors (Lipinski definition) is 1. The maximum absolute atomic E-state index is 12.4. The van der Waals surface area contributed by atoms with Crippen LogP contribution in [0.1, 0.15) is 15.9 Å². The average molecular weight is 318 g/mol. The predicted molar refractivity (Wildman–Crippen MR) is 95.1 cm³/mol. The molecule has 0 atom stereocenters. The lowest BCUT2D eigenvalue weighted by atomic mass is 10.0. The van der Waals surface area contributed by atoms with Crippen molar-refractivity contribution in [3.8, 4) is 17.0 Å². The summed E-state index contributed by atoms with van der Waals surface area (Å²) in [6.45, 7) is 0. The molecular weight excluding hydrogens is 300 g/mol. The van der Waals surface area contributed by atoms with Crippen LogP contribution < -0.4 is 10.5 Å². The molecule has 0 bridgehead atoms. The Balaban J connectivity index is 1.74. The summed E-state index contributed by atoms with van der Waals surface area (Å²) in [5, 5.41) is 0. The number of hydrogen-bond acceptors (Lipinski definition) is 4. The molecule has 0 aliphatic carbocycles. The molecule has 0 unspecified atom stereocenters. The third-order valence-corrected chi connectivity index (χ3v) is 3.81. The van der Waals surface area contributed by atoms with Crippen LogP contribution >= 0.6 is 0 Å². The van der Waals surface area contributed by atoms with Crippen molar-refractivity contribution >= 4 is 11.5 Å². The number of nitrogens with two attached hydrogens (primary N) is 1. The van der Waals surface area contributed by atoms with E-state index in [0.29, 0.717) is 17.0 Å². The van der Waals surface area contributed by atoms with Gasteiger partial charge >= 0.3 is 0 Å². The Morgan fingerprint density at radius 2 is 1.88 bits per heavy atom. The van der Waals surface area contributed by atoms with Gasteiger partial charge in [-0.15, -0.1) is 0 Å². The smallest absolute Gasteiger partial charge is 0.167 e. The molecule has 0 aliphatic heterocycles. The number of Topliss-reactive ketones (excluding diaryl/α,β-unsaturated/α-hetero) is 1. The van der Waals surface area contributed by atoms with Gasteiger partial charge in [0.25, 0.3) is 0 Å². The molecule has 0 radical (unpaired) electrons. The van der Waals surface area contributed by atoms with E-state index in [0.717, 1.165) is 16.8 Å². The summed E-state index contributed by atoms with van der Waals surface area (Å²) in [4.78, 5) is 16.8. The maximum atomic E-state index is 12.4. The van der Waals surface area contributed by atoms with E-state index in [9.17, 15) is 4.79 Å². The lowest BCUT2D eigenvalue weighted by molar-refractivity contribution is 0.0993. The second-order valence-electron chi connectivity index (χ2n) is 5.47. The molecule has 4 heteroatoms. The molecule has 3 rings (SSSR count). The number of ether oxygens (including phenoxy) is 1. The van der Waals surface area contributed by atoms with Crippen LogP contribution in [0.2, 0.25) is 0 Å². The molecule has 24 heavy (non-hydrogen) atoms. The first-order chi connectivity index (χ1) is 11.7. The number of carbonyl (C=O) groups excluding carboxylic acids is 1. The number of rotatable bonds is 5. The molecule has 4 nitrogen and oxygen atoms in total. The molecule has 0 saturated carbocycles. The number of nitrogens with zero attached hydrogens (tertiary/aromatic N) is 1. The largest absolute Gasteiger partial charge is 0.495 e. The molecule has 3 aromatic rings. The van der Waals surface area contributed by atoms with Crippen LogP contribution in [0.5, 0.6) is 5.75 Å². The Bertz CT molecular complexity index is 843. The Kier molecular flexibility index (Phi) is 4.57. The molecule has 2 N–H and O–H groups in total. The van der Waals surface area contributed by atoms with Crippen molar-refractivity contribution < 1.29 is 9.53 Å². The number of benzene rings is 2. The molecule has 0 aliphatic rings. The van der Waals surface area contributed by atoms with Crippen molar-refractivity contribution in [2.75, 3.05) is 12.8 Å². The van der Waals surface area contributed by atoms with Crippen LogP contribution in [0.3, 0.4) is 0 Å². The van der Waals surface area contributed by atoms with Crippen LogP contribution in [-0.4, -0.2) is 17.9 Å². The molecular formula is C20H18N2O2. The fraction of sp³-hybridized carbons (Fsp3) is 0.100. The van der Waals surface area contributed by atoms with Gasteiger partial charge in [0, 0.05) is 23.7 Å². The summed E-state index contributed by atoms with van der Waals surface area (Å²) in [6.07, 6.45) is 2.03. The molecule has 120 valence electrons. The zero-order valence-electron chi connectivity index (χ0n) is 13.4. The van der Waals surface area contributed by atoms with Gasteiger partial charge in [-0.2, -0.15) is 0 Å².